The van der Waals surface area contributed by atoms with Gasteiger partial charge in [-0.15, -0.1) is 0 Å². The number of β-amino-alcohol motifs (C(OH)–C–C–N with tert-alkyl or cyclic N) is 1. The van der Waals surface area contributed by atoms with Crippen molar-refractivity contribution in [3.63, 3.8) is 0 Å². The predicted molar refractivity (Wildman–Crippen MR) is 114 cm³/mol. The van der Waals surface area contributed by atoms with E-state index < -0.39 is 0 Å². The molecule has 1 aliphatic heterocycles. The average Bonchev–Trinajstić information content (AvgIpc) is 3.30. The molecule has 1 aromatic carbocycles. The molecule has 0 bridgehead atoms. The highest BCUT2D eigenvalue weighted by Crippen LogP contribution is 2.25. The van der Waals surface area contributed by atoms with Gasteiger partial charge in [0.1, 0.15) is 11.0 Å². The van der Waals surface area contributed by atoms with E-state index in [0.29, 0.717) is 18.4 Å². The van der Waals surface area contributed by atoms with Gasteiger partial charge in [-0.25, -0.2) is 0 Å². The third-order valence-corrected chi connectivity index (χ3v) is 5.41. The van der Waals surface area contributed by atoms with Crippen LogP contribution in [0.25, 0.3) is 11.0 Å². The molecule has 3 aromatic rings. The summed E-state index contributed by atoms with van der Waals surface area (Å²) in [5.41, 5.74) is 11.2. The smallest absolute Gasteiger partial charge is 0.319 e. The number of aliphatic hydroxyl groups excluding tert-OH is 1. The van der Waals surface area contributed by atoms with E-state index in [0.717, 1.165) is 61.9 Å². The van der Waals surface area contributed by atoms with Crippen LogP contribution in [0, 0.1) is 0 Å². The number of hydrogen-bond acceptors (Lipinski definition) is 6. The van der Waals surface area contributed by atoms with E-state index in [1.54, 1.807) is 0 Å². The van der Waals surface area contributed by atoms with Crippen molar-refractivity contribution in [2.75, 3.05) is 25.4 Å². The van der Waals surface area contributed by atoms with Crippen molar-refractivity contribution in [3.05, 3.63) is 47.2 Å². The molecule has 1 aliphatic rings. The number of anilines is 1. The van der Waals surface area contributed by atoms with Crippen molar-refractivity contribution in [1.29, 1.82) is 0 Å². The van der Waals surface area contributed by atoms with E-state index in [-0.39, 0.29) is 6.10 Å². The number of unbranched alkanes of at least 4 members (excludes halogenated alkanes) is 1. The monoisotopic (exact) mass is 395 g/mol. The summed E-state index contributed by atoms with van der Waals surface area (Å²) in [6.07, 6.45) is 5.42. The molecule has 0 amide bonds. The number of H-pyrrole nitrogens is 1. The zero-order valence-corrected chi connectivity index (χ0v) is 16.9. The molecule has 4 N–H and O–H groups in total. The van der Waals surface area contributed by atoms with Crippen LogP contribution >= 0.6 is 0 Å². The van der Waals surface area contributed by atoms with Gasteiger partial charge in [0.2, 0.25) is 0 Å². The predicted octanol–water partition coefficient (Wildman–Crippen LogP) is 2.88. The number of nitrogens with zero attached hydrogens (tertiary/aromatic N) is 3. The average molecular weight is 396 g/mol. The van der Waals surface area contributed by atoms with E-state index in [1.807, 2.05) is 6.20 Å². The highest BCUT2D eigenvalue weighted by atomic mass is 16.5. The molecule has 1 fully saturated rings. The quantitative estimate of drug-likeness (QED) is 0.507. The Labute approximate surface area is 170 Å². The van der Waals surface area contributed by atoms with Crippen LogP contribution in [0.1, 0.15) is 42.9 Å². The number of nitrogen functional groups attached to an aromatic ring is 1. The van der Waals surface area contributed by atoms with Crippen molar-refractivity contribution in [1.82, 2.24) is 19.9 Å². The summed E-state index contributed by atoms with van der Waals surface area (Å²) < 4.78 is 5.66. The molecule has 0 spiro atoms. The van der Waals surface area contributed by atoms with Crippen LogP contribution in [0.2, 0.25) is 0 Å². The lowest BCUT2D eigenvalue weighted by Gasteiger charge is -2.15. The fourth-order valence-electron chi connectivity index (χ4n) is 3.76. The van der Waals surface area contributed by atoms with Crippen molar-refractivity contribution >= 4 is 16.9 Å². The third-order valence-electron chi connectivity index (χ3n) is 5.41. The van der Waals surface area contributed by atoms with Gasteiger partial charge >= 0.3 is 6.01 Å². The fourth-order valence-corrected chi connectivity index (χ4v) is 3.76. The minimum absolute atomic E-state index is 0.179. The van der Waals surface area contributed by atoms with Gasteiger partial charge in [-0.2, -0.15) is 9.97 Å². The summed E-state index contributed by atoms with van der Waals surface area (Å²) in [7, 11) is 0. The summed E-state index contributed by atoms with van der Waals surface area (Å²) in [5, 5.41) is 9.68. The van der Waals surface area contributed by atoms with Crippen LogP contribution in [0.4, 0.5) is 5.82 Å². The molecule has 3 heterocycles. The Morgan fingerprint density at radius 2 is 2.03 bits per heavy atom. The number of ether oxygens (including phenoxy) is 1. The summed E-state index contributed by atoms with van der Waals surface area (Å²) >= 11 is 0. The normalized spacial score (nSPS) is 17.2. The van der Waals surface area contributed by atoms with Crippen molar-refractivity contribution in [2.45, 2.75) is 45.3 Å². The number of rotatable bonds is 8. The summed E-state index contributed by atoms with van der Waals surface area (Å²) in [6.45, 7) is 5.32. The molecular weight excluding hydrogens is 366 g/mol. The number of likely N-dealkylation sites (tertiary alicyclic amines) is 1. The minimum Gasteiger partial charge on any atom is -0.463 e. The topological polar surface area (TPSA) is 100 Å². The molecule has 7 heteroatoms. The first kappa shape index (κ1) is 19.7. The van der Waals surface area contributed by atoms with Crippen LogP contribution in [-0.2, 0) is 13.0 Å². The minimum atomic E-state index is -0.179. The van der Waals surface area contributed by atoms with Crippen LogP contribution < -0.4 is 10.5 Å². The van der Waals surface area contributed by atoms with Gasteiger partial charge in [0.15, 0.2) is 5.82 Å². The number of nitrogens with two attached hydrogens (primary N) is 1. The molecular formula is C22H29N5O2. The Morgan fingerprint density at radius 1 is 1.24 bits per heavy atom. The summed E-state index contributed by atoms with van der Waals surface area (Å²) in [6, 6.07) is 8.98. The van der Waals surface area contributed by atoms with E-state index >= 15 is 0 Å². The fraction of sp³-hybridized carbons (Fsp3) is 0.455. The van der Waals surface area contributed by atoms with Crippen LogP contribution in [0.3, 0.4) is 0 Å². The van der Waals surface area contributed by atoms with Gasteiger partial charge in [0.05, 0.1) is 12.7 Å². The zero-order valence-electron chi connectivity index (χ0n) is 16.9. The summed E-state index contributed by atoms with van der Waals surface area (Å²) in [4.78, 5) is 14.3. The highest BCUT2D eigenvalue weighted by molar-refractivity contribution is 5.87. The Morgan fingerprint density at radius 3 is 2.76 bits per heavy atom. The second kappa shape index (κ2) is 8.80. The molecule has 2 aromatic heterocycles. The lowest BCUT2D eigenvalue weighted by molar-refractivity contribution is 0.175. The molecule has 0 aliphatic carbocycles. The van der Waals surface area contributed by atoms with E-state index in [2.05, 4.69) is 51.0 Å². The molecule has 1 saturated heterocycles. The first-order valence-electron chi connectivity index (χ1n) is 10.4. The van der Waals surface area contributed by atoms with Gasteiger partial charge in [0, 0.05) is 37.8 Å². The van der Waals surface area contributed by atoms with E-state index in [9.17, 15) is 5.11 Å². The number of nitrogens with one attached hydrogen (secondary N) is 1. The third kappa shape index (κ3) is 4.68. The maximum absolute atomic E-state index is 9.68. The summed E-state index contributed by atoms with van der Waals surface area (Å²) in [5.74, 6) is 0.413. The molecule has 1 unspecified atom stereocenters. The van der Waals surface area contributed by atoms with E-state index in [1.165, 1.54) is 11.1 Å². The number of aromatic nitrogens is 3. The largest absolute Gasteiger partial charge is 0.463 e. The zero-order chi connectivity index (χ0) is 20.2. The van der Waals surface area contributed by atoms with Gasteiger partial charge in [-0.3, -0.25) is 4.90 Å². The number of fused-ring (bicyclic) bond motifs is 1. The number of aromatic amines is 1. The van der Waals surface area contributed by atoms with Crippen molar-refractivity contribution in [2.24, 2.45) is 0 Å². The van der Waals surface area contributed by atoms with Crippen molar-refractivity contribution < 1.29 is 9.84 Å². The molecule has 7 nitrogen and oxygen atoms in total. The Kier molecular flexibility index (Phi) is 5.97. The number of aliphatic hydroxyl groups is 1. The van der Waals surface area contributed by atoms with Crippen LogP contribution in [0.5, 0.6) is 6.01 Å². The molecule has 29 heavy (non-hydrogen) atoms. The highest BCUT2D eigenvalue weighted by Gasteiger charge is 2.20. The second-order valence-electron chi connectivity index (χ2n) is 7.80. The molecule has 4 rings (SSSR count). The molecule has 154 valence electrons. The lowest BCUT2D eigenvalue weighted by Crippen LogP contribution is -2.21. The van der Waals surface area contributed by atoms with Gasteiger partial charge < -0.3 is 20.6 Å². The van der Waals surface area contributed by atoms with Gasteiger partial charge in [-0.1, -0.05) is 37.6 Å². The van der Waals surface area contributed by atoms with E-state index in [4.69, 9.17) is 10.5 Å². The number of hydrogen-bond donors (Lipinski definition) is 3. The Balaban J connectivity index is 1.47. The van der Waals surface area contributed by atoms with Gasteiger partial charge in [0.25, 0.3) is 0 Å². The van der Waals surface area contributed by atoms with Crippen LogP contribution in [0.15, 0.2) is 30.5 Å². The van der Waals surface area contributed by atoms with Crippen LogP contribution in [-0.4, -0.2) is 50.8 Å². The lowest BCUT2D eigenvalue weighted by atomic mass is 10.0. The second-order valence-corrected chi connectivity index (χ2v) is 7.80. The van der Waals surface area contributed by atoms with Crippen molar-refractivity contribution in [3.8, 4) is 6.01 Å². The maximum Gasteiger partial charge on any atom is 0.319 e. The molecule has 1 atom stereocenters. The molecule has 0 radical (unpaired) electrons. The standard InChI is InChI=1S/C22H29N5O2/c1-2-3-10-29-22-25-19-17(12-24-20(19)21(23)26-22)11-15-4-6-16(7-5-15)13-27-9-8-18(28)14-27/h4-7,12,18,24,28H,2-3,8-11,13-14H2,1H3,(H2,23,25,26). The molecule has 0 saturated carbocycles. The SMILES string of the molecule is CCCCOc1nc(N)c2[nH]cc(Cc3ccc(CN4CCC(O)C4)cc3)c2n1. The Bertz CT molecular complexity index is 954. The first-order valence-corrected chi connectivity index (χ1v) is 10.4. The first-order chi connectivity index (χ1) is 14.1. The maximum atomic E-state index is 9.68. The van der Waals surface area contributed by atoms with Gasteiger partial charge in [-0.05, 0) is 24.0 Å². The number of benzene rings is 1. The Hall–Kier alpha value is -2.64.